The first-order valence-electron chi connectivity index (χ1n) is 10.9. The molecule has 2 aromatic carbocycles. The van der Waals surface area contributed by atoms with Gasteiger partial charge < -0.3 is 15.4 Å². The molecule has 2 N–H and O–H groups in total. The minimum Gasteiger partial charge on any atom is -0.379 e. The average Bonchev–Trinajstić information content (AvgIpc) is 3.25. The monoisotopic (exact) mass is 464 g/mol. The fraction of sp³-hybridized carbons (Fsp3) is 0.292. The zero-order valence-corrected chi connectivity index (χ0v) is 19.2. The number of hydrogen-bond acceptors (Lipinski definition) is 8. The molecule has 1 aliphatic heterocycles. The Balaban J connectivity index is 1.26. The highest BCUT2D eigenvalue weighted by atomic mass is 32.1. The van der Waals surface area contributed by atoms with Gasteiger partial charge in [-0.3, -0.25) is 4.90 Å². The van der Waals surface area contributed by atoms with Crippen molar-refractivity contribution in [3.63, 3.8) is 0 Å². The molecule has 2 aromatic heterocycles. The summed E-state index contributed by atoms with van der Waals surface area (Å²) in [5.41, 5.74) is 4.24. The van der Waals surface area contributed by atoms with Crippen LogP contribution in [0.15, 0.2) is 48.8 Å². The lowest BCUT2D eigenvalue weighted by atomic mass is 10.1. The fourth-order valence-electron chi connectivity index (χ4n) is 3.75. The molecule has 0 bridgehead atoms. The summed E-state index contributed by atoms with van der Waals surface area (Å²) in [6, 6.07) is 13.3. The molecule has 0 unspecified atom stereocenters. The molecule has 0 atom stereocenters. The van der Waals surface area contributed by atoms with E-state index in [4.69, 9.17) is 4.74 Å². The largest absolute Gasteiger partial charge is 0.379 e. The second kappa shape index (κ2) is 9.78. The van der Waals surface area contributed by atoms with Crippen LogP contribution in [0.1, 0.15) is 11.1 Å². The third kappa shape index (κ3) is 5.27. The minimum absolute atomic E-state index is 0.232. The van der Waals surface area contributed by atoms with Crippen LogP contribution >= 0.6 is 11.3 Å². The molecule has 1 aliphatic rings. The number of thiazole rings is 1. The maximum absolute atomic E-state index is 13.6. The Hall–Kier alpha value is -3.14. The van der Waals surface area contributed by atoms with Crippen LogP contribution in [0.3, 0.4) is 0 Å². The Labute approximate surface area is 195 Å². The third-order valence-electron chi connectivity index (χ3n) is 5.64. The van der Waals surface area contributed by atoms with Crippen molar-refractivity contribution in [1.29, 1.82) is 0 Å². The predicted octanol–water partition coefficient (Wildman–Crippen LogP) is 4.90. The SMILES string of the molecule is Cc1cc(Nc2ncnc3nc(Nc4ccc(CCN5CCOCC5)cc4)sc23)ccc1F. The number of nitrogens with one attached hydrogen (secondary N) is 2. The molecule has 0 spiro atoms. The van der Waals surface area contributed by atoms with Gasteiger partial charge in [-0.15, -0.1) is 0 Å². The summed E-state index contributed by atoms with van der Waals surface area (Å²) in [4.78, 5) is 15.7. The van der Waals surface area contributed by atoms with Gasteiger partial charge in [0.25, 0.3) is 0 Å². The second-order valence-corrected chi connectivity index (χ2v) is 9.01. The molecule has 3 heterocycles. The number of aryl methyl sites for hydroxylation is 1. The van der Waals surface area contributed by atoms with Crippen LogP contribution in [-0.2, 0) is 11.2 Å². The van der Waals surface area contributed by atoms with Crippen LogP contribution in [0.25, 0.3) is 10.3 Å². The molecular formula is C24H25FN6OS. The molecule has 4 aromatic rings. The lowest BCUT2D eigenvalue weighted by molar-refractivity contribution is 0.0384. The molecule has 0 radical (unpaired) electrons. The van der Waals surface area contributed by atoms with Gasteiger partial charge in [0.1, 0.15) is 16.8 Å². The zero-order valence-electron chi connectivity index (χ0n) is 18.3. The Morgan fingerprint density at radius 1 is 1.03 bits per heavy atom. The number of ether oxygens (including phenoxy) is 1. The average molecular weight is 465 g/mol. The van der Waals surface area contributed by atoms with E-state index in [9.17, 15) is 4.39 Å². The van der Waals surface area contributed by atoms with Crippen LogP contribution in [-0.4, -0.2) is 52.7 Å². The van der Waals surface area contributed by atoms with Crippen molar-refractivity contribution in [2.24, 2.45) is 0 Å². The molecule has 33 heavy (non-hydrogen) atoms. The molecular weight excluding hydrogens is 439 g/mol. The van der Waals surface area contributed by atoms with Gasteiger partial charge in [0.2, 0.25) is 0 Å². The lowest BCUT2D eigenvalue weighted by Gasteiger charge is -2.26. The molecule has 0 saturated carbocycles. The summed E-state index contributed by atoms with van der Waals surface area (Å²) in [7, 11) is 0. The highest BCUT2D eigenvalue weighted by Gasteiger charge is 2.13. The van der Waals surface area contributed by atoms with Crippen molar-refractivity contribution < 1.29 is 9.13 Å². The topological polar surface area (TPSA) is 75.2 Å². The Morgan fingerprint density at radius 3 is 2.61 bits per heavy atom. The van der Waals surface area contributed by atoms with Gasteiger partial charge in [-0.25, -0.2) is 14.4 Å². The third-order valence-corrected chi connectivity index (χ3v) is 6.60. The number of anilines is 4. The summed E-state index contributed by atoms with van der Waals surface area (Å²) < 4.78 is 19.8. The number of nitrogens with zero attached hydrogens (tertiary/aromatic N) is 4. The highest BCUT2D eigenvalue weighted by molar-refractivity contribution is 7.22. The van der Waals surface area contributed by atoms with Crippen LogP contribution < -0.4 is 10.6 Å². The van der Waals surface area contributed by atoms with Gasteiger partial charge >= 0.3 is 0 Å². The molecule has 7 nitrogen and oxygen atoms in total. The normalized spacial score (nSPS) is 14.5. The van der Waals surface area contributed by atoms with E-state index in [1.54, 1.807) is 19.1 Å². The standard InChI is InChI=1S/C24H25FN6OS/c1-16-14-19(6-7-20(16)25)28-22-21-23(27-15-26-22)30-24(33-21)29-18-4-2-17(3-5-18)8-9-31-10-12-32-13-11-31/h2-7,14-15H,8-13H2,1H3,(H2,26,27,28,29,30). The smallest absolute Gasteiger partial charge is 0.189 e. The van der Waals surface area contributed by atoms with E-state index in [-0.39, 0.29) is 5.82 Å². The van der Waals surface area contributed by atoms with Gasteiger partial charge in [0, 0.05) is 31.0 Å². The van der Waals surface area contributed by atoms with Gasteiger partial charge in [0.05, 0.1) is 13.2 Å². The molecule has 170 valence electrons. The van der Waals surface area contributed by atoms with E-state index >= 15 is 0 Å². The maximum atomic E-state index is 13.6. The van der Waals surface area contributed by atoms with Gasteiger partial charge in [-0.2, -0.15) is 4.98 Å². The number of morpholine rings is 1. The number of rotatable bonds is 7. The summed E-state index contributed by atoms with van der Waals surface area (Å²) in [5, 5.41) is 7.36. The van der Waals surface area contributed by atoms with Crippen molar-refractivity contribution >= 4 is 44.0 Å². The first-order chi connectivity index (χ1) is 16.1. The van der Waals surface area contributed by atoms with Crippen molar-refractivity contribution in [2.45, 2.75) is 13.3 Å². The van der Waals surface area contributed by atoms with Crippen molar-refractivity contribution in [3.05, 3.63) is 65.7 Å². The summed E-state index contributed by atoms with van der Waals surface area (Å²) in [6.07, 6.45) is 2.50. The summed E-state index contributed by atoms with van der Waals surface area (Å²) in [5.74, 6) is 0.416. The molecule has 1 fully saturated rings. The van der Waals surface area contributed by atoms with Crippen LogP contribution in [0.5, 0.6) is 0 Å². The number of aromatic nitrogens is 3. The lowest BCUT2D eigenvalue weighted by Crippen LogP contribution is -2.37. The number of fused-ring (bicyclic) bond motifs is 1. The first-order valence-corrected chi connectivity index (χ1v) is 11.8. The van der Waals surface area contributed by atoms with E-state index in [1.165, 1.54) is 29.3 Å². The van der Waals surface area contributed by atoms with Crippen molar-refractivity contribution in [2.75, 3.05) is 43.5 Å². The number of hydrogen-bond donors (Lipinski definition) is 2. The summed E-state index contributed by atoms with van der Waals surface area (Å²) in [6.45, 7) is 6.47. The molecule has 0 amide bonds. The zero-order chi connectivity index (χ0) is 22.6. The molecule has 0 aliphatic carbocycles. The van der Waals surface area contributed by atoms with Crippen LogP contribution in [0, 0.1) is 12.7 Å². The van der Waals surface area contributed by atoms with Crippen molar-refractivity contribution in [1.82, 2.24) is 19.9 Å². The Kier molecular flexibility index (Phi) is 6.43. The van der Waals surface area contributed by atoms with E-state index < -0.39 is 0 Å². The summed E-state index contributed by atoms with van der Waals surface area (Å²) >= 11 is 1.48. The predicted molar refractivity (Wildman–Crippen MR) is 130 cm³/mol. The first kappa shape index (κ1) is 21.7. The van der Waals surface area contributed by atoms with Crippen LogP contribution in [0.2, 0.25) is 0 Å². The maximum Gasteiger partial charge on any atom is 0.189 e. The van der Waals surface area contributed by atoms with Gasteiger partial charge in [-0.05, 0) is 54.8 Å². The van der Waals surface area contributed by atoms with E-state index in [1.807, 2.05) is 0 Å². The van der Waals surface area contributed by atoms with E-state index in [0.29, 0.717) is 17.0 Å². The van der Waals surface area contributed by atoms with Gasteiger partial charge in [-0.1, -0.05) is 23.5 Å². The van der Waals surface area contributed by atoms with Crippen LogP contribution in [0.4, 0.5) is 26.7 Å². The fourth-order valence-corrected chi connectivity index (χ4v) is 4.63. The van der Waals surface area contributed by atoms with Gasteiger partial charge in [0.15, 0.2) is 16.6 Å². The highest BCUT2D eigenvalue weighted by Crippen LogP contribution is 2.33. The Bertz CT molecular complexity index is 1240. The van der Waals surface area contributed by atoms with E-state index in [0.717, 1.165) is 60.5 Å². The number of benzene rings is 2. The number of halogens is 1. The molecule has 9 heteroatoms. The Morgan fingerprint density at radius 2 is 1.82 bits per heavy atom. The molecule has 5 rings (SSSR count). The second-order valence-electron chi connectivity index (χ2n) is 8.01. The van der Waals surface area contributed by atoms with E-state index in [2.05, 4.69) is 54.8 Å². The minimum atomic E-state index is -0.232. The molecule has 1 saturated heterocycles. The van der Waals surface area contributed by atoms with Crippen molar-refractivity contribution in [3.8, 4) is 0 Å². The quantitative estimate of drug-likeness (QED) is 0.403.